The lowest BCUT2D eigenvalue weighted by atomic mass is 10.2. The van der Waals surface area contributed by atoms with Crippen molar-refractivity contribution in [2.75, 3.05) is 5.32 Å². The summed E-state index contributed by atoms with van der Waals surface area (Å²) in [5, 5.41) is 2.73. The van der Waals surface area contributed by atoms with Crippen LogP contribution in [0.3, 0.4) is 0 Å². The molecular formula is C19H15N5O2. The molecule has 2 aromatic heterocycles. The fourth-order valence-corrected chi connectivity index (χ4v) is 2.74. The number of hydrogen-bond acceptors (Lipinski definition) is 4. The predicted molar refractivity (Wildman–Crippen MR) is 98.1 cm³/mol. The van der Waals surface area contributed by atoms with E-state index in [1.54, 1.807) is 24.3 Å². The van der Waals surface area contributed by atoms with Crippen molar-refractivity contribution in [1.82, 2.24) is 19.5 Å². The number of nitrogens with zero attached hydrogens (tertiary/aromatic N) is 3. The molecule has 2 aromatic carbocycles. The van der Waals surface area contributed by atoms with Crippen LogP contribution in [0.15, 0.2) is 71.8 Å². The van der Waals surface area contributed by atoms with Crippen LogP contribution >= 0.6 is 0 Å². The van der Waals surface area contributed by atoms with Crippen molar-refractivity contribution >= 4 is 22.9 Å². The molecule has 1 amide bonds. The highest BCUT2D eigenvalue weighted by molar-refractivity contribution is 6.06. The molecule has 0 spiro atoms. The van der Waals surface area contributed by atoms with Crippen molar-refractivity contribution in [3.63, 3.8) is 0 Å². The largest absolute Gasteiger partial charge is 0.328 e. The SMILES string of the molecule is O=C(Nc1ncnc2c1[nH]c(=O)n2Cc1ccccc1)c1ccccc1. The molecule has 0 aliphatic heterocycles. The van der Waals surface area contributed by atoms with Crippen molar-refractivity contribution in [2.24, 2.45) is 0 Å². The van der Waals surface area contributed by atoms with Crippen LogP contribution in [0.2, 0.25) is 0 Å². The molecule has 128 valence electrons. The molecular weight excluding hydrogens is 330 g/mol. The molecule has 7 nitrogen and oxygen atoms in total. The van der Waals surface area contributed by atoms with Gasteiger partial charge in [0.25, 0.3) is 5.91 Å². The molecule has 4 rings (SSSR count). The Hall–Kier alpha value is -3.74. The average molecular weight is 345 g/mol. The van der Waals surface area contributed by atoms with Gasteiger partial charge in [0.15, 0.2) is 11.5 Å². The van der Waals surface area contributed by atoms with Gasteiger partial charge in [-0.15, -0.1) is 0 Å². The van der Waals surface area contributed by atoms with Gasteiger partial charge in [0.2, 0.25) is 0 Å². The molecule has 0 aliphatic rings. The third kappa shape index (κ3) is 2.98. The molecule has 26 heavy (non-hydrogen) atoms. The Kier molecular flexibility index (Phi) is 4.03. The van der Waals surface area contributed by atoms with Gasteiger partial charge in [0.05, 0.1) is 6.54 Å². The lowest BCUT2D eigenvalue weighted by Gasteiger charge is -2.06. The highest BCUT2D eigenvalue weighted by Crippen LogP contribution is 2.17. The van der Waals surface area contributed by atoms with E-state index < -0.39 is 0 Å². The predicted octanol–water partition coefficient (Wildman–Crippen LogP) is 2.42. The number of hydrogen-bond donors (Lipinski definition) is 2. The summed E-state index contributed by atoms with van der Waals surface area (Å²) in [6.07, 6.45) is 1.33. The van der Waals surface area contributed by atoms with Gasteiger partial charge in [-0.25, -0.2) is 14.8 Å². The van der Waals surface area contributed by atoms with E-state index in [0.717, 1.165) is 5.56 Å². The Morgan fingerprint density at radius 2 is 1.69 bits per heavy atom. The van der Waals surface area contributed by atoms with Crippen molar-refractivity contribution in [3.8, 4) is 0 Å². The molecule has 4 aromatic rings. The van der Waals surface area contributed by atoms with Crippen LogP contribution in [-0.2, 0) is 6.54 Å². The van der Waals surface area contributed by atoms with Crippen LogP contribution in [-0.4, -0.2) is 25.4 Å². The Morgan fingerprint density at radius 1 is 1.00 bits per heavy atom. The maximum atomic E-state index is 12.4. The Morgan fingerprint density at radius 3 is 2.42 bits per heavy atom. The van der Waals surface area contributed by atoms with Gasteiger partial charge in [0.1, 0.15) is 11.8 Å². The van der Waals surface area contributed by atoms with Crippen LogP contribution in [0.1, 0.15) is 15.9 Å². The minimum Gasteiger partial charge on any atom is -0.305 e. The molecule has 0 saturated heterocycles. The van der Waals surface area contributed by atoms with E-state index in [1.165, 1.54) is 10.9 Å². The van der Waals surface area contributed by atoms with Gasteiger partial charge >= 0.3 is 5.69 Å². The smallest absolute Gasteiger partial charge is 0.305 e. The number of carbonyl (C=O) groups is 1. The molecule has 0 unspecified atom stereocenters. The quantitative estimate of drug-likeness (QED) is 0.594. The molecule has 2 N–H and O–H groups in total. The fraction of sp³-hybridized carbons (Fsp3) is 0.0526. The second-order valence-electron chi connectivity index (χ2n) is 5.74. The monoisotopic (exact) mass is 345 g/mol. The highest BCUT2D eigenvalue weighted by Gasteiger charge is 2.15. The molecule has 0 bridgehead atoms. The topological polar surface area (TPSA) is 92.7 Å². The summed E-state index contributed by atoms with van der Waals surface area (Å²) >= 11 is 0. The summed E-state index contributed by atoms with van der Waals surface area (Å²) in [6.45, 7) is 0.378. The zero-order chi connectivity index (χ0) is 17.9. The summed E-state index contributed by atoms with van der Waals surface area (Å²) < 4.78 is 1.52. The van der Waals surface area contributed by atoms with Crippen LogP contribution in [0.5, 0.6) is 0 Å². The van der Waals surface area contributed by atoms with E-state index in [-0.39, 0.29) is 17.4 Å². The van der Waals surface area contributed by atoms with Gasteiger partial charge in [0, 0.05) is 5.56 Å². The number of H-pyrrole nitrogens is 1. The number of anilines is 1. The van der Waals surface area contributed by atoms with Crippen molar-refractivity contribution in [2.45, 2.75) is 6.54 Å². The minimum atomic E-state index is -0.306. The molecule has 0 fully saturated rings. The molecule has 0 aliphatic carbocycles. The standard InChI is InChI=1S/C19H15N5O2/c25-18(14-9-5-2-6-10-14)23-16-15-17(21-12-20-16)24(19(26)22-15)11-13-7-3-1-4-8-13/h1-10,12H,11H2,(H,22,26)(H,20,21,23,25). The highest BCUT2D eigenvalue weighted by atomic mass is 16.2. The zero-order valence-corrected chi connectivity index (χ0v) is 13.7. The minimum absolute atomic E-state index is 0.271. The number of rotatable bonds is 4. The van der Waals surface area contributed by atoms with E-state index >= 15 is 0 Å². The first kappa shape index (κ1) is 15.8. The summed E-state index contributed by atoms with van der Waals surface area (Å²) in [7, 11) is 0. The first-order valence-corrected chi connectivity index (χ1v) is 8.06. The summed E-state index contributed by atoms with van der Waals surface area (Å²) in [4.78, 5) is 35.8. The molecule has 2 heterocycles. The Balaban J connectivity index is 1.71. The number of fused-ring (bicyclic) bond motifs is 1. The fourth-order valence-electron chi connectivity index (χ4n) is 2.74. The molecule has 0 radical (unpaired) electrons. The third-order valence-corrected chi connectivity index (χ3v) is 4.01. The van der Waals surface area contributed by atoms with E-state index in [1.807, 2.05) is 36.4 Å². The number of aromatic amines is 1. The average Bonchev–Trinajstić information content (AvgIpc) is 3.00. The third-order valence-electron chi connectivity index (χ3n) is 4.01. The summed E-state index contributed by atoms with van der Waals surface area (Å²) in [5.74, 6) is -0.0324. The van der Waals surface area contributed by atoms with E-state index in [4.69, 9.17) is 0 Å². The first-order valence-electron chi connectivity index (χ1n) is 8.06. The van der Waals surface area contributed by atoms with Crippen LogP contribution in [0, 0.1) is 0 Å². The zero-order valence-electron chi connectivity index (χ0n) is 13.7. The van der Waals surface area contributed by atoms with Gasteiger partial charge < -0.3 is 10.3 Å². The van der Waals surface area contributed by atoms with E-state index in [0.29, 0.717) is 23.3 Å². The summed E-state index contributed by atoms with van der Waals surface area (Å²) in [5.41, 5.74) is 2.02. The van der Waals surface area contributed by atoms with Gasteiger partial charge in [-0.2, -0.15) is 0 Å². The summed E-state index contributed by atoms with van der Waals surface area (Å²) in [6, 6.07) is 18.4. The molecule has 7 heteroatoms. The van der Waals surface area contributed by atoms with E-state index in [9.17, 15) is 9.59 Å². The second-order valence-corrected chi connectivity index (χ2v) is 5.74. The van der Waals surface area contributed by atoms with Gasteiger partial charge in [-0.3, -0.25) is 9.36 Å². The van der Waals surface area contributed by atoms with E-state index in [2.05, 4.69) is 20.3 Å². The van der Waals surface area contributed by atoms with Gasteiger partial charge in [-0.05, 0) is 17.7 Å². The van der Waals surface area contributed by atoms with Crippen molar-refractivity contribution in [1.29, 1.82) is 0 Å². The number of carbonyl (C=O) groups excluding carboxylic acids is 1. The van der Waals surface area contributed by atoms with Crippen molar-refractivity contribution < 1.29 is 4.79 Å². The second kappa shape index (κ2) is 6.64. The first-order chi connectivity index (χ1) is 12.7. The maximum absolute atomic E-state index is 12.4. The number of aromatic nitrogens is 4. The van der Waals surface area contributed by atoms with Crippen LogP contribution in [0.4, 0.5) is 5.82 Å². The Bertz CT molecular complexity index is 1120. The maximum Gasteiger partial charge on any atom is 0.328 e. The molecule has 0 saturated carbocycles. The normalized spacial score (nSPS) is 10.8. The number of nitrogens with one attached hydrogen (secondary N) is 2. The number of imidazole rings is 1. The van der Waals surface area contributed by atoms with Crippen molar-refractivity contribution in [3.05, 3.63) is 88.6 Å². The van der Waals surface area contributed by atoms with Crippen LogP contribution < -0.4 is 11.0 Å². The number of amides is 1. The number of benzene rings is 2. The van der Waals surface area contributed by atoms with Gasteiger partial charge in [-0.1, -0.05) is 48.5 Å². The molecule has 0 atom stereocenters. The lowest BCUT2D eigenvalue weighted by Crippen LogP contribution is -2.17. The lowest BCUT2D eigenvalue weighted by molar-refractivity contribution is 0.102. The van der Waals surface area contributed by atoms with Crippen LogP contribution in [0.25, 0.3) is 11.2 Å². The Labute approximate surface area is 148 Å².